The van der Waals surface area contributed by atoms with E-state index in [1.54, 1.807) is 12.5 Å². The summed E-state index contributed by atoms with van der Waals surface area (Å²) in [6.07, 6.45) is 5.09. The van der Waals surface area contributed by atoms with E-state index in [0.29, 0.717) is 0 Å². The second kappa shape index (κ2) is 6.02. The van der Waals surface area contributed by atoms with Crippen molar-refractivity contribution >= 4 is 17.0 Å². The number of carbonyl (C=O) groups excluding carboxylic acids is 1. The van der Waals surface area contributed by atoms with E-state index in [9.17, 15) is 4.79 Å². The number of para-hydroxylation sites is 2. The van der Waals surface area contributed by atoms with E-state index in [-0.39, 0.29) is 11.8 Å². The number of piperidine rings is 1. The Balaban J connectivity index is 1.45. The fourth-order valence-electron chi connectivity index (χ4n) is 3.50. The number of likely N-dealkylation sites (tertiary alicyclic amines) is 1. The summed E-state index contributed by atoms with van der Waals surface area (Å²) in [5, 5.41) is 0. The number of aromatic amines is 1. The highest BCUT2D eigenvalue weighted by Gasteiger charge is 2.37. The molecule has 1 aliphatic rings. The first-order valence-electron chi connectivity index (χ1n) is 8.69. The first kappa shape index (κ1) is 15.9. The SMILES string of the molecule is CC(C)(C(=O)N1CCC(c2nc3ccccc3o2)CC1)c1cnc[nH]1. The van der Waals surface area contributed by atoms with Crippen LogP contribution in [0.3, 0.4) is 0 Å². The molecule has 1 aromatic carbocycles. The van der Waals surface area contributed by atoms with Gasteiger partial charge in [0.1, 0.15) is 5.52 Å². The summed E-state index contributed by atoms with van der Waals surface area (Å²) in [6, 6.07) is 7.83. The molecule has 2 aromatic heterocycles. The molecule has 25 heavy (non-hydrogen) atoms. The van der Waals surface area contributed by atoms with Crippen LogP contribution in [0.25, 0.3) is 11.1 Å². The van der Waals surface area contributed by atoms with Crippen molar-refractivity contribution in [2.75, 3.05) is 13.1 Å². The zero-order chi connectivity index (χ0) is 17.4. The molecule has 3 aromatic rings. The van der Waals surface area contributed by atoms with Crippen LogP contribution in [-0.4, -0.2) is 38.8 Å². The smallest absolute Gasteiger partial charge is 0.234 e. The Morgan fingerprint density at radius 3 is 2.72 bits per heavy atom. The van der Waals surface area contributed by atoms with Gasteiger partial charge < -0.3 is 14.3 Å². The standard InChI is InChI=1S/C19H22N4O2/c1-19(2,16-11-20-12-21-16)18(24)23-9-7-13(8-10-23)17-22-14-5-3-4-6-15(14)25-17/h3-6,11-13H,7-10H2,1-2H3,(H,20,21). The number of hydrogen-bond donors (Lipinski definition) is 1. The van der Waals surface area contributed by atoms with E-state index < -0.39 is 5.41 Å². The highest BCUT2D eigenvalue weighted by atomic mass is 16.3. The molecule has 6 heteroatoms. The molecule has 4 rings (SSSR count). The van der Waals surface area contributed by atoms with Gasteiger partial charge in [-0.15, -0.1) is 0 Å². The molecule has 130 valence electrons. The number of H-pyrrole nitrogens is 1. The summed E-state index contributed by atoms with van der Waals surface area (Å²) in [6.45, 7) is 5.32. The maximum Gasteiger partial charge on any atom is 0.234 e. The first-order valence-corrected chi connectivity index (χ1v) is 8.69. The summed E-state index contributed by atoms with van der Waals surface area (Å²) in [5.41, 5.74) is 1.98. The summed E-state index contributed by atoms with van der Waals surface area (Å²) < 4.78 is 5.90. The summed E-state index contributed by atoms with van der Waals surface area (Å²) in [4.78, 5) is 26.6. The highest BCUT2D eigenvalue weighted by Crippen LogP contribution is 2.32. The third-order valence-corrected chi connectivity index (χ3v) is 5.15. The molecule has 0 atom stereocenters. The van der Waals surface area contributed by atoms with Gasteiger partial charge in [0.05, 0.1) is 11.7 Å². The van der Waals surface area contributed by atoms with Crippen LogP contribution in [0.4, 0.5) is 0 Å². The van der Waals surface area contributed by atoms with Crippen LogP contribution in [0, 0.1) is 0 Å². The summed E-state index contributed by atoms with van der Waals surface area (Å²) in [5.74, 6) is 1.20. The Bertz CT molecular complexity index is 841. The Labute approximate surface area is 146 Å². The molecular weight excluding hydrogens is 316 g/mol. The van der Waals surface area contributed by atoms with E-state index in [1.807, 2.05) is 43.0 Å². The minimum absolute atomic E-state index is 0.132. The number of aromatic nitrogens is 3. The molecule has 0 aliphatic carbocycles. The molecular formula is C19H22N4O2. The van der Waals surface area contributed by atoms with Gasteiger partial charge in [-0.2, -0.15) is 0 Å². The van der Waals surface area contributed by atoms with Crippen molar-refractivity contribution in [2.45, 2.75) is 38.0 Å². The van der Waals surface area contributed by atoms with Crippen molar-refractivity contribution in [1.82, 2.24) is 19.9 Å². The predicted octanol–water partition coefficient (Wildman–Crippen LogP) is 3.23. The second-order valence-electron chi connectivity index (χ2n) is 7.18. The van der Waals surface area contributed by atoms with Gasteiger partial charge in [-0.25, -0.2) is 9.97 Å². The maximum absolute atomic E-state index is 12.9. The highest BCUT2D eigenvalue weighted by molar-refractivity contribution is 5.87. The molecule has 6 nitrogen and oxygen atoms in total. The van der Waals surface area contributed by atoms with Crippen LogP contribution in [-0.2, 0) is 10.2 Å². The number of benzene rings is 1. The minimum atomic E-state index is -0.596. The van der Waals surface area contributed by atoms with Crippen LogP contribution < -0.4 is 0 Å². The Hall–Kier alpha value is -2.63. The van der Waals surface area contributed by atoms with Crippen molar-refractivity contribution in [3.8, 4) is 0 Å². The Morgan fingerprint density at radius 1 is 1.28 bits per heavy atom. The van der Waals surface area contributed by atoms with Gasteiger partial charge in [-0.1, -0.05) is 12.1 Å². The maximum atomic E-state index is 12.9. The molecule has 1 aliphatic heterocycles. The number of amides is 1. The molecule has 1 saturated heterocycles. The van der Waals surface area contributed by atoms with Crippen molar-refractivity contribution in [2.24, 2.45) is 0 Å². The van der Waals surface area contributed by atoms with Crippen molar-refractivity contribution < 1.29 is 9.21 Å². The van der Waals surface area contributed by atoms with Gasteiger partial charge in [0, 0.05) is 30.9 Å². The van der Waals surface area contributed by atoms with Crippen LogP contribution in [0.1, 0.15) is 44.2 Å². The zero-order valence-corrected chi connectivity index (χ0v) is 14.5. The van der Waals surface area contributed by atoms with Crippen LogP contribution in [0.5, 0.6) is 0 Å². The van der Waals surface area contributed by atoms with E-state index in [0.717, 1.165) is 48.6 Å². The first-order chi connectivity index (χ1) is 12.1. The van der Waals surface area contributed by atoms with Gasteiger partial charge >= 0.3 is 0 Å². The molecule has 0 bridgehead atoms. The van der Waals surface area contributed by atoms with Crippen LogP contribution >= 0.6 is 0 Å². The van der Waals surface area contributed by atoms with Crippen molar-refractivity contribution in [3.05, 3.63) is 48.4 Å². The fourth-order valence-corrected chi connectivity index (χ4v) is 3.50. The number of imidazole rings is 1. The van der Waals surface area contributed by atoms with E-state index >= 15 is 0 Å². The lowest BCUT2D eigenvalue weighted by molar-refractivity contribution is -0.137. The van der Waals surface area contributed by atoms with Gasteiger partial charge in [0.15, 0.2) is 11.5 Å². The van der Waals surface area contributed by atoms with Gasteiger partial charge in [-0.3, -0.25) is 4.79 Å². The average molecular weight is 338 g/mol. The number of hydrogen-bond acceptors (Lipinski definition) is 4. The Kier molecular flexibility index (Phi) is 3.82. The monoisotopic (exact) mass is 338 g/mol. The molecule has 0 unspecified atom stereocenters. The number of fused-ring (bicyclic) bond motifs is 1. The molecule has 0 saturated carbocycles. The third-order valence-electron chi connectivity index (χ3n) is 5.15. The molecule has 1 N–H and O–H groups in total. The number of carbonyl (C=O) groups is 1. The van der Waals surface area contributed by atoms with Crippen LogP contribution in [0.2, 0.25) is 0 Å². The van der Waals surface area contributed by atoms with Gasteiger partial charge in [0.25, 0.3) is 0 Å². The molecule has 3 heterocycles. The average Bonchev–Trinajstić information content (AvgIpc) is 3.31. The lowest BCUT2D eigenvalue weighted by Gasteiger charge is -2.35. The lowest BCUT2D eigenvalue weighted by atomic mass is 9.86. The van der Waals surface area contributed by atoms with Gasteiger partial charge in [0.2, 0.25) is 5.91 Å². The third kappa shape index (κ3) is 2.81. The van der Waals surface area contributed by atoms with Gasteiger partial charge in [-0.05, 0) is 38.8 Å². The van der Waals surface area contributed by atoms with Crippen molar-refractivity contribution in [3.63, 3.8) is 0 Å². The van der Waals surface area contributed by atoms with E-state index in [1.165, 1.54) is 0 Å². The minimum Gasteiger partial charge on any atom is -0.440 e. The fraction of sp³-hybridized carbons (Fsp3) is 0.421. The van der Waals surface area contributed by atoms with E-state index in [2.05, 4.69) is 15.0 Å². The Morgan fingerprint density at radius 2 is 2.04 bits per heavy atom. The molecule has 0 radical (unpaired) electrons. The van der Waals surface area contributed by atoms with Crippen LogP contribution in [0.15, 0.2) is 41.2 Å². The number of nitrogens with one attached hydrogen (secondary N) is 1. The zero-order valence-electron chi connectivity index (χ0n) is 14.5. The summed E-state index contributed by atoms with van der Waals surface area (Å²) in [7, 11) is 0. The lowest BCUT2D eigenvalue weighted by Crippen LogP contribution is -2.47. The normalized spacial score (nSPS) is 16.5. The molecule has 1 fully saturated rings. The predicted molar refractivity (Wildman–Crippen MR) is 94.2 cm³/mol. The number of rotatable bonds is 3. The van der Waals surface area contributed by atoms with Crippen molar-refractivity contribution in [1.29, 1.82) is 0 Å². The second-order valence-corrected chi connectivity index (χ2v) is 7.18. The quantitative estimate of drug-likeness (QED) is 0.795. The largest absolute Gasteiger partial charge is 0.440 e. The van der Waals surface area contributed by atoms with E-state index in [4.69, 9.17) is 4.42 Å². The number of oxazole rings is 1. The summed E-state index contributed by atoms with van der Waals surface area (Å²) >= 11 is 0. The topological polar surface area (TPSA) is 75.0 Å². The molecule has 1 amide bonds. The number of nitrogens with zero attached hydrogens (tertiary/aromatic N) is 3. The molecule has 0 spiro atoms.